The molecule has 2 unspecified atom stereocenters. The fourth-order valence-corrected chi connectivity index (χ4v) is 11.1. The molecule has 0 radical (unpaired) electrons. The molecule has 0 aromatic carbocycles. The molecule has 20 heteroatoms. The van der Waals surface area contributed by atoms with Crippen molar-refractivity contribution in [3.8, 4) is 0 Å². The second kappa shape index (κ2) is 22.3. The number of piperidine rings is 2. The van der Waals surface area contributed by atoms with Gasteiger partial charge in [-0.1, -0.05) is 12.2 Å². The molecular formula is C53H74N14O6. The topological polar surface area (TPSA) is 254 Å². The lowest BCUT2D eigenvalue weighted by Crippen LogP contribution is -2.52. The molecule has 0 bridgehead atoms. The zero-order chi connectivity index (χ0) is 51.3. The quantitative estimate of drug-likeness (QED) is 0.131. The van der Waals surface area contributed by atoms with E-state index >= 15 is 0 Å². The number of ether oxygens (including phenoxy) is 3. The highest BCUT2D eigenvalue weighted by Crippen LogP contribution is 2.39. The van der Waals surface area contributed by atoms with E-state index in [2.05, 4.69) is 71.7 Å². The second-order valence-corrected chi connectivity index (χ2v) is 21.8. The predicted octanol–water partition coefficient (Wildman–Crippen LogP) is 5.54. The zero-order valence-corrected chi connectivity index (χ0v) is 43.3. The molecule has 392 valence electrons. The summed E-state index contributed by atoms with van der Waals surface area (Å²) in [4.78, 5) is 71.9. The Morgan fingerprint density at radius 3 is 1.63 bits per heavy atom. The van der Waals surface area contributed by atoms with Gasteiger partial charge in [-0.25, -0.2) is 34.7 Å². The van der Waals surface area contributed by atoms with Crippen LogP contribution in [0.3, 0.4) is 0 Å². The van der Waals surface area contributed by atoms with E-state index in [-0.39, 0.29) is 29.3 Å². The van der Waals surface area contributed by atoms with Gasteiger partial charge in [0, 0.05) is 69.0 Å². The summed E-state index contributed by atoms with van der Waals surface area (Å²) in [5.41, 5.74) is 17.7. The number of carbonyl (C=O) groups excluding carboxylic acids is 3. The molecule has 4 fully saturated rings. The number of amides is 3. The first-order valence-electron chi connectivity index (χ1n) is 26.2. The van der Waals surface area contributed by atoms with Gasteiger partial charge in [-0.15, -0.1) is 0 Å². The van der Waals surface area contributed by atoms with Crippen molar-refractivity contribution in [1.82, 2.24) is 49.9 Å². The van der Waals surface area contributed by atoms with E-state index < -0.39 is 17.4 Å². The molecule has 3 amide bonds. The third-order valence-electron chi connectivity index (χ3n) is 15.4. The Hall–Kier alpha value is -5.93. The van der Waals surface area contributed by atoms with E-state index in [0.29, 0.717) is 57.9 Å². The minimum absolute atomic E-state index is 0.0509. The maximum absolute atomic E-state index is 12.7. The van der Waals surface area contributed by atoms with Gasteiger partial charge in [0.1, 0.15) is 40.3 Å². The molecule has 73 heavy (non-hydrogen) atoms. The van der Waals surface area contributed by atoms with E-state index in [0.717, 1.165) is 152 Å². The Bertz CT molecular complexity index is 2730. The number of nitrogens with zero attached hydrogens (tertiary/aromatic N) is 9. The summed E-state index contributed by atoms with van der Waals surface area (Å²) in [7, 11) is 0. The first-order chi connectivity index (χ1) is 35.1. The number of hydrogen-bond donors (Lipinski definition) is 5. The third kappa shape index (κ3) is 12.2. The molecule has 4 aromatic heterocycles. The molecule has 4 aliphatic heterocycles. The molecule has 0 saturated carbocycles. The van der Waals surface area contributed by atoms with Gasteiger partial charge in [0.2, 0.25) is 0 Å². The van der Waals surface area contributed by atoms with Crippen molar-refractivity contribution < 1.29 is 28.6 Å². The number of rotatable bonds is 10. The minimum Gasteiger partial charge on any atom is -0.444 e. The van der Waals surface area contributed by atoms with Gasteiger partial charge >= 0.3 is 6.09 Å². The number of aromatic nitrogens is 6. The van der Waals surface area contributed by atoms with Crippen molar-refractivity contribution in [2.75, 3.05) is 89.4 Å². The van der Waals surface area contributed by atoms with Crippen LogP contribution >= 0.6 is 0 Å². The summed E-state index contributed by atoms with van der Waals surface area (Å²) in [6.45, 7) is 20.2. The van der Waals surface area contributed by atoms with Crippen molar-refractivity contribution in [2.24, 2.45) is 11.5 Å². The molecule has 20 nitrogen and oxygen atoms in total. The van der Waals surface area contributed by atoms with Crippen LogP contribution in [0.1, 0.15) is 131 Å². The van der Waals surface area contributed by atoms with E-state index in [9.17, 15) is 14.4 Å². The summed E-state index contributed by atoms with van der Waals surface area (Å²) in [6, 6.07) is 3.77. The van der Waals surface area contributed by atoms with Gasteiger partial charge in [-0.3, -0.25) is 19.4 Å². The second-order valence-electron chi connectivity index (χ2n) is 21.8. The number of allylic oxidation sites excluding steroid dienone is 2. The van der Waals surface area contributed by atoms with E-state index in [1.54, 1.807) is 17.0 Å². The molecule has 7 N–H and O–H groups in total. The summed E-state index contributed by atoms with van der Waals surface area (Å²) in [5.74, 6) is 0.136. The van der Waals surface area contributed by atoms with Crippen molar-refractivity contribution in [3.05, 3.63) is 59.5 Å². The largest absolute Gasteiger partial charge is 0.444 e. The number of hydrogen-bond acceptors (Lipinski definition) is 17. The first-order valence-corrected chi connectivity index (χ1v) is 26.2. The molecule has 6 aliphatic rings. The van der Waals surface area contributed by atoms with Crippen molar-refractivity contribution in [2.45, 2.75) is 128 Å². The van der Waals surface area contributed by atoms with Crippen molar-refractivity contribution in [1.29, 1.82) is 0 Å². The fourth-order valence-electron chi connectivity index (χ4n) is 11.1. The Kier molecular flexibility index (Phi) is 15.9. The average molecular weight is 1000 g/mol. The molecule has 0 spiro atoms. The number of morpholine rings is 2. The van der Waals surface area contributed by atoms with Crippen LogP contribution in [-0.2, 0) is 14.2 Å². The average Bonchev–Trinajstić information content (AvgIpc) is 3.39. The highest BCUT2D eigenvalue weighted by molar-refractivity contribution is 6.07. The van der Waals surface area contributed by atoms with Gasteiger partial charge in [0.15, 0.2) is 11.6 Å². The lowest BCUT2D eigenvalue weighted by molar-refractivity contribution is -0.0190. The van der Waals surface area contributed by atoms with Crippen LogP contribution in [0.4, 0.5) is 16.4 Å². The fraction of sp³-hybridized carbons (Fsp3) is 0.604. The van der Waals surface area contributed by atoms with E-state index in [1.807, 2.05) is 20.8 Å². The predicted molar refractivity (Wildman–Crippen MR) is 281 cm³/mol. The summed E-state index contributed by atoms with van der Waals surface area (Å²) < 4.78 is 16.7. The van der Waals surface area contributed by atoms with Crippen LogP contribution in [0, 0.1) is 0 Å². The zero-order valence-electron chi connectivity index (χ0n) is 43.3. The van der Waals surface area contributed by atoms with Gasteiger partial charge in [-0.2, -0.15) is 0 Å². The maximum Gasteiger partial charge on any atom is 0.410 e. The molecule has 8 heterocycles. The number of nitrogens with two attached hydrogens (primary N) is 2. The number of anilines is 2. The smallest absolute Gasteiger partial charge is 0.410 e. The van der Waals surface area contributed by atoms with Gasteiger partial charge in [0.25, 0.3) is 11.8 Å². The SMILES string of the molecule is CC(C)(C)OC(=O)N1CCC[C@H](Nc2ncnc3c(C(N)=O)cc(C4=CCC(C)(N5CCOCC5)CC4)nc23)C1.CC1(N2CCOCC2)CC=C(c2cc(C(N)=O)c3ncnc(N[C@H]4CCCNC4)c3n2)CC1. The van der Waals surface area contributed by atoms with Crippen LogP contribution < -0.4 is 27.4 Å². The molecule has 4 saturated heterocycles. The molecule has 2 aliphatic carbocycles. The molecule has 4 atom stereocenters. The molecule has 4 aromatic rings. The normalized spacial score (nSPS) is 25.5. The monoisotopic (exact) mass is 1000 g/mol. The van der Waals surface area contributed by atoms with E-state index in [4.69, 9.17) is 35.6 Å². The number of likely N-dealkylation sites (tertiary alicyclic amines) is 1. The number of nitrogens with one attached hydrogen (secondary N) is 3. The summed E-state index contributed by atoms with van der Waals surface area (Å²) >= 11 is 0. The first kappa shape index (κ1) is 52.0. The molecule has 10 rings (SSSR count). The highest BCUT2D eigenvalue weighted by atomic mass is 16.6. The standard InChI is InChI=1S/C29H41N7O4.C24H33N7O2/c1-28(2,3)40-27(38)35-11-5-6-20(17-35)33-26-24-23(31-18-32-26)21(25(30)37)16-22(34-24)19-7-9-29(4,10-8-19)36-12-14-39-15-13-36;1-24(31-9-11-33-12-10-31)6-4-16(5-7-24)19-13-18(22(25)32)20-21(30-19)23(28-15-27-20)29-17-3-2-8-26-14-17/h7,16,18,20H,5-6,8-15,17H2,1-4H3,(H2,30,37)(H,31,32,33);4,13,15,17,26H,2-3,5-12,14H2,1H3,(H2,25,32)(H,27,28,29)/t20-,29?;17-,24?/m00/s1. The number of carbonyl (C=O) groups is 3. The van der Waals surface area contributed by atoms with E-state index in [1.165, 1.54) is 12.7 Å². The highest BCUT2D eigenvalue weighted by Gasteiger charge is 2.37. The summed E-state index contributed by atoms with van der Waals surface area (Å²) in [5, 5.41) is 10.4. The van der Waals surface area contributed by atoms with Crippen LogP contribution in [0.2, 0.25) is 0 Å². The van der Waals surface area contributed by atoms with Gasteiger partial charge in [0.05, 0.1) is 48.9 Å². The van der Waals surface area contributed by atoms with Gasteiger partial charge in [-0.05, 0) is 129 Å². The van der Waals surface area contributed by atoms with Gasteiger partial charge < -0.3 is 46.5 Å². The number of primary amides is 2. The van der Waals surface area contributed by atoms with Crippen molar-refractivity contribution >= 4 is 62.8 Å². The number of pyridine rings is 2. The van der Waals surface area contributed by atoms with Crippen molar-refractivity contribution in [3.63, 3.8) is 0 Å². The number of fused-ring (bicyclic) bond motifs is 2. The Balaban J connectivity index is 0.000000183. The lowest BCUT2D eigenvalue weighted by atomic mass is 9.81. The Labute approximate surface area is 427 Å². The van der Waals surface area contributed by atoms with Crippen LogP contribution in [-0.4, -0.2) is 170 Å². The minimum atomic E-state index is -0.556. The lowest BCUT2D eigenvalue weighted by Gasteiger charge is -2.45. The summed E-state index contributed by atoms with van der Waals surface area (Å²) in [6.07, 6.45) is 16.6. The Morgan fingerprint density at radius 1 is 0.699 bits per heavy atom. The van der Waals surface area contributed by atoms with Crippen LogP contribution in [0.25, 0.3) is 33.2 Å². The third-order valence-corrected chi connectivity index (χ3v) is 15.4. The van der Waals surface area contributed by atoms with Crippen LogP contribution in [0.5, 0.6) is 0 Å². The molecular weight excluding hydrogens is 929 g/mol. The van der Waals surface area contributed by atoms with Crippen LogP contribution in [0.15, 0.2) is 36.9 Å². The maximum atomic E-state index is 12.7. The Morgan fingerprint density at radius 2 is 1.19 bits per heavy atom.